The summed E-state index contributed by atoms with van der Waals surface area (Å²) < 4.78 is 0. The lowest BCUT2D eigenvalue weighted by Crippen LogP contribution is -2.32. The van der Waals surface area contributed by atoms with Crippen LogP contribution in [-0.2, 0) is 0 Å². The number of hydrogen-bond donors (Lipinski definition) is 1. The van der Waals surface area contributed by atoms with Crippen molar-refractivity contribution in [1.82, 2.24) is 9.97 Å². The summed E-state index contributed by atoms with van der Waals surface area (Å²) in [6, 6.07) is 2.49. The van der Waals surface area contributed by atoms with Gasteiger partial charge in [-0.2, -0.15) is 4.98 Å². The maximum Gasteiger partial charge on any atom is 0.226 e. The van der Waals surface area contributed by atoms with Gasteiger partial charge < -0.3 is 10.2 Å². The van der Waals surface area contributed by atoms with Crippen molar-refractivity contribution in [2.75, 3.05) is 24.3 Å². The van der Waals surface area contributed by atoms with E-state index in [1.807, 2.05) is 31.3 Å². The van der Waals surface area contributed by atoms with Gasteiger partial charge in [-0.05, 0) is 30.7 Å². The first-order valence-corrected chi connectivity index (χ1v) is 6.73. The average Bonchev–Trinajstić information content (AvgIpc) is 2.28. The fraction of sp³-hybridized carbons (Fsp3) is 0.714. The van der Waals surface area contributed by atoms with Crippen LogP contribution in [0.1, 0.15) is 39.5 Å². The topological polar surface area (TPSA) is 41.1 Å². The first-order chi connectivity index (χ1) is 8.46. The summed E-state index contributed by atoms with van der Waals surface area (Å²) >= 11 is 0. The Labute approximate surface area is 110 Å². The van der Waals surface area contributed by atoms with Gasteiger partial charge in [0.25, 0.3) is 0 Å². The van der Waals surface area contributed by atoms with E-state index < -0.39 is 0 Å². The van der Waals surface area contributed by atoms with Crippen LogP contribution >= 0.6 is 0 Å². The van der Waals surface area contributed by atoms with Crippen molar-refractivity contribution in [2.24, 2.45) is 5.41 Å². The van der Waals surface area contributed by atoms with Crippen LogP contribution in [0, 0.1) is 5.41 Å². The number of aromatic nitrogens is 2. The monoisotopic (exact) mass is 248 g/mol. The molecule has 4 nitrogen and oxygen atoms in total. The third kappa shape index (κ3) is 3.34. The Morgan fingerprint density at radius 1 is 1.39 bits per heavy atom. The number of anilines is 2. The summed E-state index contributed by atoms with van der Waals surface area (Å²) in [4.78, 5) is 10.7. The maximum absolute atomic E-state index is 4.52. The summed E-state index contributed by atoms with van der Waals surface area (Å²) in [5.74, 6) is 1.70. The first-order valence-electron chi connectivity index (χ1n) is 6.73. The number of rotatable bonds is 3. The molecule has 0 saturated heterocycles. The van der Waals surface area contributed by atoms with Crippen LogP contribution in [0.4, 0.5) is 11.8 Å². The molecule has 0 aromatic carbocycles. The second-order valence-corrected chi connectivity index (χ2v) is 6.24. The molecule has 0 radical (unpaired) electrons. The molecule has 1 aromatic heterocycles. The number of nitrogens with one attached hydrogen (secondary N) is 1. The highest BCUT2D eigenvalue weighted by molar-refractivity contribution is 5.41. The normalized spacial score (nSPS) is 22.6. The highest BCUT2D eigenvalue weighted by Crippen LogP contribution is 2.36. The summed E-state index contributed by atoms with van der Waals surface area (Å²) in [6.07, 6.45) is 6.91. The fourth-order valence-electron chi connectivity index (χ4n) is 2.67. The molecule has 2 rings (SSSR count). The van der Waals surface area contributed by atoms with Gasteiger partial charge in [0.2, 0.25) is 5.95 Å². The molecule has 1 aliphatic rings. The molecule has 0 amide bonds. The quantitative estimate of drug-likeness (QED) is 0.893. The van der Waals surface area contributed by atoms with E-state index in [1.54, 1.807) is 0 Å². The standard InChI is InChI=1S/C14H24N4/c1-14(2)8-5-6-11(10-14)16-12-7-9-15-13(17-12)18(3)4/h7,9,11H,5-6,8,10H2,1-4H3,(H,15,16,17). The van der Waals surface area contributed by atoms with Crippen LogP contribution in [0.25, 0.3) is 0 Å². The highest BCUT2D eigenvalue weighted by atomic mass is 15.2. The molecule has 1 saturated carbocycles. The molecule has 1 aromatic rings. The van der Waals surface area contributed by atoms with Crippen molar-refractivity contribution in [3.8, 4) is 0 Å². The minimum absolute atomic E-state index is 0.452. The van der Waals surface area contributed by atoms with Crippen LogP contribution in [0.3, 0.4) is 0 Å². The highest BCUT2D eigenvalue weighted by Gasteiger charge is 2.27. The van der Waals surface area contributed by atoms with Crippen molar-refractivity contribution in [2.45, 2.75) is 45.6 Å². The van der Waals surface area contributed by atoms with Gasteiger partial charge in [0.15, 0.2) is 0 Å². The van der Waals surface area contributed by atoms with E-state index >= 15 is 0 Å². The molecule has 4 heteroatoms. The predicted octanol–water partition coefficient (Wildman–Crippen LogP) is 2.92. The minimum Gasteiger partial charge on any atom is -0.367 e. The van der Waals surface area contributed by atoms with Gasteiger partial charge in [0.1, 0.15) is 5.82 Å². The van der Waals surface area contributed by atoms with Crippen molar-refractivity contribution >= 4 is 11.8 Å². The smallest absolute Gasteiger partial charge is 0.226 e. The lowest BCUT2D eigenvalue weighted by molar-refractivity contribution is 0.229. The average molecular weight is 248 g/mol. The summed E-state index contributed by atoms with van der Waals surface area (Å²) in [5.41, 5.74) is 0.452. The minimum atomic E-state index is 0.452. The zero-order valence-corrected chi connectivity index (χ0v) is 11.9. The Bertz CT molecular complexity index is 401. The Kier molecular flexibility index (Phi) is 3.73. The van der Waals surface area contributed by atoms with Crippen molar-refractivity contribution in [1.29, 1.82) is 0 Å². The predicted molar refractivity (Wildman–Crippen MR) is 76.0 cm³/mol. The van der Waals surface area contributed by atoms with Gasteiger partial charge in [-0.1, -0.05) is 20.3 Å². The van der Waals surface area contributed by atoms with Gasteiger partial charge in [0, 0.05) is 26.3 Å². The molecule has 1 N–H and O–H groups in total. The molecule has 0 aliphatic heterocycles. The van der Waals surface area contributed by atoms with Crippen LogP contribution < -0.4 is 10.2 Å². The molecule has 100 valence electrons. The lowest BCUT2D eigenvalue weighted by atomic mass is 9.75. The van der Waals surface area contributed by atoms with Crippen LogP contribution in [0.15, 0.2) is 12.3 Å². The van der Waals surface area contributed by atoms with Gasteiger partial charge in [0.05, 0.1) is 0 Å². The second kappa shape index (κ2) is 5.12. The fourth-order valence-corrected chi connectivity index (χ4v) is 2.67. The molecule has 1 atom stereocenters. The zero-order chi connectivity index (χ0) is 13.2. The summed E-state index contributed by atoms with van der Waals surface area (Å²) in [5, 5.41) is 3.55. The van der Waals surface area contributed by atoms with Crippen LogP contribution in [0.2, 0.25) is 0 Å². The Morgan fingerprint density at radius 3 is 2.83 bits per heavy atom. The Morgan fingerprint density at radius 2 is 2.17 bits per heavy atom. The zero-order valence-electron chi connectivity index (χ0n) is 11.9. The third-order valence-corrected chi connectivity index (χ3v) is 3.60. The maximum atomic E-state index is 4.52. The molecule has 1 aliphatic carbocycles. The lowest BCUT2D eigenvalue weighted by Gasteiger charge is -2.35. The molecule has 1 heterocycles. The third-order valence-electron chi connectivity index (χ3n) is 3.60. The van der Waals surface area contributed by atoms with Crippen LogP contribution in [0.5, 0.6) is 0 Å². The van der Waals surface area contributed by atoms with Crippen molar-refractivity contribution in [3.63, 3.8) is 0 Å². The van der Waals surface area contributed by atoms with E-state index in [4.69, 9.17) is 0 Å². The van der Waals surface area contributed by atoms with Crippen molar-refractivity contribution < 1.29 is 0 Å². The molecule has 1 fully saturated rings. The summed E-state index contributed by atoms with van der Waals surface area (Å²) in [6.45, 7) is 4.71. The largest absolute Gasteiger partial charge is 0.367 e. The summed E-state index contributed by atoms with van der Waals surface area (Å²) in [7, 11) is 3.92. The van der Waals surface area contributed by atoms with Gasteiger partial charge in [-0.3, -0.25) is 0 Å². The van der Waals surface area contributed by atoms with E-state index in [0.717, 1.165) is 11.8 Å². The van der Waals surface area contributed by atoms with E-state index in [1.165, 1.54) is 25.7 Å². The van der Waals surface area contributed by atoms with E-state index in [9.17, 15) is 0 Å². The number of hydrogen-bond acceptors (Lipinski definition) is 4. The first kappa shape index (κ1) is 13.1. The van der Waals surface area contributed by atoms with E-state index in [2.05, 4.69) is 29.1 Å². The second-order valence-electron chi connectivity index (χ2n) is 6.24. The van der Waals surface area contributed by atoms with Gasteiger partial charge in [-0.15, -0.1) is 0 Å². The molecule has 1 unspecified atom stereocenters. The Hall–Kier alpha value is -1.32. The molecule has 0 bridgehead atoms. The van der Waals surface area contributed by atoms with Gasteiger partial charge in [-0.25, -0.2) is 4.98 Å². The molecule has 0 spiro atoms. The molecular formula is C14H24N4. The Balaban J connectivity index is 2.03. The SMILES string of the molecule is CN(C)c1nccc(NC2CCCC(C)(C)C2)n1. The molecule has 18 heavy (non-hydrogen) atoms. The van der Waals surface area contributed by atoms with Crippen LogP contribution in [-0.4, -0.2) is 30.1 Å². The molecular weight excluding hydrogens is 224 g/mol. The van der Waals surface area contributed by atoms with Gasteiger partial charge >= 0.3 is 0 Å². The van der Waals surface area contributed by atoms with E-state index in [0.29, 0.717) is 11.5 Å². The van der Waals surface area contributed by atoms with Crippen molar-refractivity contribution in [3.05, 3.63) is 12.3 Å². The van der Waals surface area contributed by atoms with E-state index in [-0.39, 0.29) is 0 Å². The number of nitrogens with zero attached hydrogens (tertiary/aromatic N) is 3.